The maximum absolute atomic E-state index is 12.8. The van der Waals surface area contributed by atoms with E-state index in [1.807, 2.05) is 6.07 Å². The second-order valence-electron chi connectivity index (χ2n) is 10.9. The molecule has 2 bridgehead atoms. The molecule has 3 N–H and O–H groups in total. The molecule has 3 aromatic rings. The number of aromatic nitrogens is 1. The lowest BCUT2D eigenvalue weighted by Crippen LogP contribution is -2.74. The van der Waals surface area contributed by atoms with Gasteiger partial charge >= 0.3 is 0 Å². The average molecular weight is 441 g/mol. The molecule has 3 aliphatic carbocycles. The van der Waals surface area contributed by atoms with Crippen molar-refractivity contribution in [3.8, 4) is 22.6 Å². The highest BCUT2D eigenvalue weighted by molar-refractivity contribution is 5.72. The second-order valence-corrected chi connectivity index (χ2v) is 10.9. The van der Waals surface area contributed by atoms with Crippen LogP contribution in [0.15, 0.2) is 48.7 Å². The Balaban J connectivity index is 1.37. The first-order chi connectivity index (χ1) is 16.1. The van der Waals surface area contributed by atoms with E-state index in [4.69, 9.17) is 4.74 Å². The molecule has 3 heterocycles. The third kappa shape index (κ3) is 2.16. The first-order valence-electron chi connectivity index (χ1n) is 12.3. The number of aliphatic hydroxyl groups is 1. The number of phenols is 1. The van der Waals surface area contributed by atoms with Crippen LogP contribution < -0.4 is 4.74 Å². The van der Waals surface area contributed by atoms with Crippen molar-refractivity contribution in [2.45, 2.75) is 55.3 Å². The Morgan fingerprint density at radius 2 is 1.97 bits per heavy atom. The highest BCUT2D eigenvalue weighted by Crippen LogP contribution is 2.69. The summed E-state index contributed by atoms with van der Waals surface area (Å²) in [6.45, 7) is 2.06. The number of piperidine rings is 1. The molecule has 5 aliphatic rings. The second kappa shape index (κ2) is 6.02. The van der Waals surface area contributed by atoms with Crippen molar-refractivity contribution in [2.75, 3.05) is 13.1 Å². The number of aromatic amines is 1. The van der Waals surface area contributed by atoms with Gasteiger partial charge in [-0.1, -0.05) is 36.4 Å². The van der Waals surface area contributed by atoms with E-state index >= 15 is 0 Å². The summed E-state index contributed by atoms with van der Waals surface area (Å²) in [6, 6.07) is 14.3. The molecule has 168 valence electrons. The van der Waals surface area contributed by atoms with Gasteiger partial charge in [0.25, 0.3) is 0 Å². The zero-order valence-corrected chi connectivity index (χ0v) is 18.6. The van der Waals surface area contributed by atoms with E-state index in [2.05, 4.69) is 46.4 Å². The Labute approximate surface area is 193 Å². The van der Waals surface area contributed by atoms with Gasteiger partial charge in [-0.3, -0.25) is 4.90 Å². The van der Waals surface area contributed by atoms with E-state index in [9.17, 15) is 10.2 Å². The van der Waals surface area contributed by atoms with Crippen LogP contribution in [0.3, 0.4) is 0 Å². The molecule has 0 amide bonds. The number of ether oxygens (including phenoxy) is 1. The average Bonchev–Trinajstić information content (AvgIpc) is 3.42. The van der Waals surface area contributed by atoms with Gasteiger partial charge in [-0.05, 0) is 60.9 Å². The maximum Gasteiger partial charge on any atom is 0.166 e. The van der Waals surface area contributed by atoms with E-state index in [1.165, 1.54) is 24.0 Å². The first kappa shape index (κ1) is 18.6. The zero-order valence-electron chi connectivity index (χ0n) is 18.6. The van der Waals surface area contributed by atoms with Crippen LogP contribution in [0.1, 0.15) is 47.8 Å². The number of benzene rings is 2. The Morgan fingerprint density at radius 3 is 2.79 bits per heavy atom. The Morgan fingerprint density at radius 1 is 1.12 bits per heavy atom. The molecule has 1 saturated carbocycles. The number of hydrogen-bond acceptors (Lipinski definition) is 4. The van der Waals surface area contributed by atoms with Crippen molar-refractivity contribution in [1.82, 2.24) is 9.88 Å². The van der Waals surface area contributed by atoms with Gasteiger partial charge < -0.3 is 19.9 Å². The van der Waals surface area contributed by atoms with Crippen molar-refractivity contribution in [1.29, 1.82) is 0 Å². The van der Waals surface area contributed by atoms with Crippen LogP contribution in [0.5, 0.6) is 11.5 Å². The molecule has 2 fully saturated rings. The fourth-order valence-electron chi connectivity index (χ4n) is 7.71. The van der Waals surface area contributed by atoms with Crippen LogP contribution in [-0.4, -0.2) is 44.8 Å². The van der Waals surface area contributed by atoms with Crippen LogP contribution in [0.25, 0.3) is 11.1 Å². The largest absolute Gasteiger partial charge is 0.504 e. The lowest BCUT2D eigenvalue weighted by atomic mass is 9.49. The van der Waals surface area contributed by atoms with Gasteiger partial charge in [0.05, 0.1) is 16.7 Å². The number of aromatic hydroxyl groups is 1. The van der Waals surface area contributed by atoms with Crippen LogP contribution in [0.2, 0.25) is 0 Å². The van der Waals surface area contributed by atoms with Gasteiger partial charge in [-0.25, -0.2) is 0 Å². The van der Waals surface area contributed by atoms with E-state index < -0.39 is 11.0 Å². The van der Waals surface area contributed by atoms with E-state index in [1.54, 1.807) is 6.07 Å². The molecule has 1 spiro atoms. The minimum Gasteiger partial charge on any atom is -0.504 e. The van der Waals surface area contributed by atoms with Crippen molar-refractivity contribution >= 4 is 0 Å². The standard InChI is InChI=1S/C28H28N2O3/c31-21-9-8-18-12-22-28(32)13-19-20(17-4-2-1-3-5-17)14-29-24(19)26-27(28,23(18)25(21)33-26)10-11-30(22)15-16-6-7-16/h1-5,8-9,14,16,22,26,29,31-32H,6-7,10-13,15H2/t22?,26-,27-,28+/m0/s1. The number of rotatable bonds is 3. The van der Waals surface area contributed by atoms with E-state index in [0.717, 1.165) is 54.2 Å². The minimum atomic E-state index is -0.935. The van der Waals surface area contributed by atoms with Crippen LogP contribution >= 0.6 is 0 Å². The minimum absolute atomic E-state index is 0.0626. The van der Waals surface area contributed by atoms with Gasteiger partial charge in [0.2, 0.25) is 0 Å². The Kier molecular flexibility index (Phi) is 3.40. The summed E-state index contributed by atoms with van der Waals surface area (Å²) in [6.07, 6.45) is 6.66. The van der Waals surface area contributed by atoms with Crippen molar-refractivity contribution in [3.63, 3.8) is 0 Å². The van der Waals surface area contributed by atoms with Crippen LogP contribution in [0.4, 0.5) is 0 Å². The summed E-state index contributed by atoms with van der Waals surface area (Å²) in [5.74, 6) is 1.56. The van der Waals surface area contributed by atoms with Crippen LogP contribution in [-0.2, 0) is 18.3 Å². The number of phenolic OH excluding ortho intramolecular Hbond substituents is 1. The molecule has 8 rings (SSSR count). The first-order valence-corrected chi connectivity index (χ1v) is 12.3. The summed E-state index contributed by atoms with van der Waals surface area (Å²) in [5.41, 5.74) is 5.38. The number of nitrogens with one attached hydrogen (secondary N) is 1. The quantitative estimate of drug-likeness (QED) is 0.574. The topological polar surface area (TPSA) is 68.7 Å². The fraction of sp³-hybridized carbons (Fsp3) is 0.429. The fourth-order valence-corrected chi connectivity index (χ4v) is 7.71. The molecule has 5 heteroatoms. The molecule has 0 radical (unpaired) electrons. The van der Waals surface area contributed by atoms with Crippen molar-refractivity contribution < 1.29 is 14.9 Å². The third-order valence-electron chi connectivity index (χ3n) is 9.33. The molecule has 1 saturated heterocycles. The monoisotopic (exact) mass is 440 g/mol. The summed E-state index contributed by atoms with van der Waals surface area (Å²) < 4.78 is 6.62. The molecule has 1 unspecified atom stereocenters. The van der Waals surface area contributed by atoms with Crippen molar-refractivity contribution in [3.05, 3.63) is 71.0 Å². The van der Waals surface area contributed by atoms with Gasteiger partial charge in [-0.15, -0.1) is 0 Å². The Hall–Kier alpha value is -2.76. The Bertz CT molecular complexity index is 1300. The highest BCUT2D eigenvalue weighted by Gasteiger charge is 2.72. The normalized spacial score (nSPS) is 33.4. The maximum atomic E-state index is 12.8. The summed E-state index contributed by atoms with van der Waals surface area (Å²) in [5, 5.41) is 23.6. The molecule has 2 aromatic carbocycles. The van der Waals surface area contributed by atoms with Gasteiger partial charge in [-0.2, -0.15) is 0 Å². The number of fused-ring (bicyclic) bond motifs is 2. The van der Waals surface area contributed by atoms with Crippen LogP contribution in [0, 0.1) is 5.92 Å². The molecule has 4 atom stereocenters. The number of likely N-dealkylation sites (tertiary alicyclic amines) is 1. The summed E-state index contributed by atoms with van der Waals surface area (Å²) >= 11 is 0. The molecular formula is C28H28N2O3. The van der Waals surface area contributed by atoms with Crippen molar-refractivity contribution in [2.24, 2.45) is 5.92 Å². The summed E-state index contributed by atoms with van der Waals surface area (Å²) in [4.78, 5) is 6.13. The van der Waals surface area contributed by atoms with Gasteiger partial charge in [0.15, 0.2) is 17.6 Å². The predicted octanol–water partition coefficient (Wildman–Crippen LogP) is 4.09. The lowest BCUT2D eigenvalue weighted by molar-refractivity contribution is -0.173. The van der Waals surface area contributed by atoms with Gasteiger partial charge in [0.1, 0.15) is 0 Å². The SMILES string of the molecule is Oc1ccc2c3c1O[C@H]1c4[nH]cc(-c5ccccc5)c4C[C@@]4(O)C(C2)N(CC2CC2)CC[C@]314. The molecule has 33 heavy (non-hydrogen) atoms. The molecular weight excluding hydrogens is 412 g/mol. The summed E-state index contributed by atoms with van der Waals surface area (Å²) in [7, 11) is 0. The van der Waals surface area contributed by atoms with E-state index in [0.29, 0.717) is 12.2 Å². The zero-order chi connectivity index (χ0) is 21.9. The lowest BCUT2D eigenvalue weighted by Gasteiger charge is -2.62. The number of hydrogen-bond donors (Lipinski definition) is 3. The molecule has 2 aliphatic heterocycles. The smallest absolute Gasteiger partial charge is 0.166 e. The molecule has 5 nitrogen and oxygen atoms in total. The van der Waals surface area contributed by atoms with Gasteiger partial charge in [0, 0.05) is 36.3 Å². The predicted molar refractivity (Wildman–Crippen MR) is 124 cm³/mol. The highest BCUT2D eigenvalue weighted by atomic mass is 16.5. The number of nitrogens with zero attached hydrogens (tertiary/aromatic N) is 1. The van der Waals surface area contributed by atoms with E-state index in [-0.39, 0.29) is 17.9 Å². The molecule has 1 aromatic heterocycles. The third-order valence-corrected chi connectivity index (χ3v) is 9.33. The number of H-pyrrole nitrogens is 1.